The van der Waals surface area contributed by atoms with Gasteiger partial charge in [-0.2, -0.15) is 0 Å². The van der Waals surface area contributed by atoms with Crippen molar-refractivity contribution in [2.24, 2.45) is 12.8 Å². The Balaban J connectivity index is 2.41. The molecule has 0 aliphatic carbocycles. The summed E-state index contributed by atoms with van der Waals surface area (Å²) in [7, 11) is 1.86. The molecule has 0 fully saturated rings. The van der Waals surface area contributed by atoms with Gasteiger partial charge < -0.3 is 14.7 Å². The fourth-order valence-corrected chi connectivity index (χ4v) is 1.00. The summed E-state index contributed by atoms with van der Waals surface area (Å²) >= 11 is 0. The lowest BCUT2D eigenvalue weighted by atomic mass is 10.5. The smallest absolute Gasteiger partial charge is 0.265 e. The summed E-state index contributed by atoms with van der Waals surface area (Å²) in [5.41, 5.74) is 6.12. The molecule has 0 aliphatic rings. The van der Waals surface area contributed by atoms with Gasteiger partial charge in [0.2, 0.25) is 5.89 Å². The van der Waals surface area contributed by atoms with Crippen LogP contribution in [0.5, 0.6) is 0 Å². The zero-order chi connectivity index (χ0) is 9.26. The molecule has 0 aliphatic heterocycles. The average Bonchev–Trinajstić information content (AvgIpc) is 2.71. The van der Waals surface area contributed by atoms with Gasteiger partial charge in [0, 0.05) is 7.05 Å². The van der Waals surface area contributed by atoms with Gasteiger partial charge in [-0.05, 0) is 0 Å². The van der Waals surface area contributed by atoms with Crippen molar-refractivity contribution in [1.29, 1.82) is 0 Å². The molecule has 0 unspecified atom stereocenters. The first-order valence-corrected chi connectivity index (χ1v) is 3.80. The summed E-state index contributed by atoms with van der Waals surface area (Å²) in [5, 5.41) is 7.58. The van der Waals surface area contributed by atoms with Crippen LogP contribution in [-0.4, -0.2) is 19.7 Å². The normalized spacial score (nSPS) is 10.6. The van der Waals surface area contributed by atoms with E-state index in [1.54, 1.807) is 17.1 Å². The van der Waals surface area contributed by atoms with Crippen LogP contribution in [0, 0.1) is 0 Å². The van der Waals surface area contributed by atoms with Crippen LogP contribution in [0.2, 0.25) is 0 Å². The minimum atomic E-state index is 0.255. The summed E-state index contributed by atoms with van der Waals surface area (Å²) in [4.78, 5) is 3.94. The molecular formula is C7H9N5O. The first kappa shape index (κ1) is 7.93. The van der Waals surface area contributed by atoms with E-state index in [0.717, 1.165) is 5.69 Å². The number of rotatable bonds is 2. The van der Waals surface area contributed by atoms with Crippen molar-refractivity contribution in [2.75, 3.05) is 0 Å². The molecule has 2 heterocycles. The van der Waals surface area contributed by atoms with Crippen LogP contribution >= 0.6 is 0 Å². The Hall–Kier alpha value is -1.69. The largest absolute Gasteiger partial charge is 0.418 e. The van der Waals surface area contributed by atoms with Gasteiger partial charge in [-0.15, -0.1) is 10.2 Å². The lowest BCUT2D eigenvalue weighted by Crippen LogP contribution is -1.95. The molecule has 0 spiro atoms. The van der Waals surface area contributed by atoms with E-state index in [1.807, 2.05) is 7.05 Å². The maximum Gasteiger partial charge on any atom is 0.265 e. The molecular weight excluding hydrogens is 170 g/mol. The van der Waals surface area contributed by atoms with Gasteiger partial charge in [-0.1, -0.05) is 0 Å². The predicted octanol–water partition coefficient (Wildman–Crippen LogP) is -0.0712. The van der Waals surface area contributed by atoms with Crippen LogP contribution in [0.3, 0.4) is 0 Å². The summed E-state index contributed by atoms with van der Waals surface area (Å²) < 4.78 is 7.05. The monoisotopic (exact) mass is 179 g/mol. The van der Waals surface area contributed by atoms with Crippen molar-refractivity contribution < 1.29 is 4.42 Å². The number of nitrogens with zero attached hydrogens (tertiary/aromatic N) is 4. The summed E-state index contributed by atoms with van der Waals surface area (Å²) in [6.07, 6.45) is 3.33. The quantitative estimate of drug-likeness (QED) is 0.697. The molecule has 68 valence electrons. The third-order valence-corrected chi connectivity index (χ3v) is 1.68. The van der Waals surface area contributed by atoms with Crippen LogP contribution in [-0.2, 0) is 13.6 Å². The van der Waals surface area contributed by atoms with E-state index >= 15 is 0 Å². The highest BCUT2D eigenvalue weighted by Gasteiger charge is 2.09. The van der Waals surface area contributed by atoms with E-state index in [1.165, 1.54) is 0 Å². The molecule has 0 bridgehead atoms. The minimum absolute atomic E-state index is 0.255. The number of hydrogen-bond donors (Lipinski definition) is 1. The molecule has 13 heavy (non-hydrogen) atoms. The molecule has 2 N–H and O–H groups in total. The highest BCUT2D eigenvalue weighted by atomic mass is 16.4. The number of aromatic nitrogens is 4. The Kier molecular flexibility index (Phi) is 1.82. The summed E-state index contributed by atoms with van der Waals surface area (Å²) in [5.74, 6) is 0.872. The molecule has 0 atom stereocenters. The standard InChI is InChI=1S/C7H9N5O/c1-12-4-9-3-5(12)7-11-10-6(2-8)13-7/h3-4H,2,8H2,1H3. The van der Waals surface area contributed by atoms with E-state index in [-0.39, 0.29) is 6.54 Å². The first-order chi connectivity index (χ1) is 6.31. The Morgan fingerprint density at radius 2 is 2.38 bits per heavy atom. The third-order valence-electron chi connectivity index (χ3n) is 1.68. The minimum Gasteiger partial charge on any atom is -0.418 e. The maximum absolute atomic E-state index is 5.34. The molecule has 6 nitrogen and oxygen atoms in total. The van der Waals surface area contributed by atoms with Gasteiger partial charge in [0.05, 0.1) is 19.1 Å². The Morgan fingerprint density at radius 1 is 1.54 bits per heavy atom. The first-order valence-electron chi connectivity index (χ1n) is 3.80. The number of imidazole rings is 1. The predicted molar refractivity (Wildman–Crippen MR) is 44.4 cm³/mol. The number of nitrogens with two attached hydrogens (primary N) is 1. The highest BCUT2D eigenvalue weighted by Crippen LogP contribution is 2.15. The lowest BCUT2D eigenvalue weighted by molar-refractivity contribution is 0.505. The van der Waals surface area contributed by atoms with Crippen LogP contribution in [0.1, 0.15) is 5.89 Å². The van der Waals surface area contributed by atoms with E-state index in [0.29, 0.717) is 11.8 Å². The molecule has 2 aromatic rings. The van der Waals surface area contributed by atoms with E-state index in [9.17, 15) is 0 Å². The van der Waals surface area contributed by atoms with E-state index in [2.05, 4.69) is 15.2 Å². The topological polar surface area (TPSA) is 82.8 Å². The van der Waals surface area contributed by atoms with Gasteiger partial charge in [0.1, 0.15) is 5.69 Å². The molecule has 2 rings (SSSR count). The molecule has 6 heteroatoms. The van der Waals surface area contributed by atoms with Gasteiger partial charge in [-0.25, -0.2) is 4.98 Å². The van der Waals surface area contributed by atoms with Gasteiger partial charge >= 0.3 is 0 Å². The lowest BCUT2D eigenvalue weighted by Gasteiger charge is -1.93. The fourth-order valence-electron chi connectivity index (χ4n) is 1.00. The zero-order valence-electron chi connectivity index (χ0n) is 7.14. The molecule has 0 amide bonds. The van der Waals surface area contributed by atoms with Crippen LogP contribution in [0.25, 0.3) is 11.6 Å². The summed E-state index contributed by atoms with van der Waals surface area (Å²) in [6, 6.07) is 0. The van der Waals surface area contributed by atoms with Crippen molar-refractivity contribution in [3.8, 4) is 11.6 Å². The average molecular weight is 179 g/mol. The number of aryl methyl sites for hydroxylation is 1. The van der Waals surface area contributed by atoms with Crippen molar-refractivity contribution in [3.05, 3.63) is 18.4 Å². The van der Waals surface area contributed by atoms with Gasteiger partial charge in [0.25, 0.3) is 5.89 Å². The zero-order valence-corrected chi connectivity index (χ0v) is 7.14. The molecule has 0 aromatic carbocycles. The molecule has 2 aromatic heterocycles. The van der Waals surface area contributed by atoms with E-state index in [4.69, 9.17) is 10.2 Å². The maximum atomic E-state index is 5.34. The van der Waals surface area contributed by atoms with Crippen LogP contribution < -0.4 is 5.73 Å². The second-order valence-corrected chi connectivity index (χ2v) is 2.59. The Labute approximate surface area is 74.4 Å². The van der Waals surface area contributed by atoms with Crippen molar-refractivity contribution in [1.82, 2.24) is 19.7 Å². The van der Waals surface area contributed by atoms with Crippen molar-refractivity contribution >= 4 is 0 Å². The second kappa shape index (κ2) is 2.98. The highest BCUT2D eigenvalue weighted by molar-refractivity contribution is 5.44. The van der Waals surface area contributed by atoms with Crippen LogP contribution in [0.4, 0.5) is 0 Å². The van der Waals surface area contributed by atoms with Crippen molar-refractivity contribution in [2.45, 2.75) is 6.54 Å². The Morgan fingerprint density at radius 3 is 2.92 bits per heavy atom. The Bertz CT molecular complexity index is 404. The van der Waals surface area contributed by atoms with Crippen molar-refractivity contribution in [3.63, 3.8) is 0 Å². The van der Waals surface area contributed by atoms with Crippen LogP contribution in [0.15, 0.2) is 16.9 Å². The fraction of sp³-hybridized carbons (Fsp3) is 0.286. The second-order valence-electron chi connectivity index (χ2n) is 2.59. The molecule has 0 radical (unpaired) electrons. The van der Waals surface area contributed by atoms with E-state index < -0.39 is 0 Å². The molecule has 0 saturated carbocycles. The van der Waals surface area contributed by atoms with Gasteiger partial charge in [0.15, 0.2) is 0 Å². The van der Waals surface area contributed by atoms with Gasteiger partial charge in [-0.3, -0.25) is 0 Å². The summed E-state index contributed by atoms with van der Waals surface area (Å²) in [6.45, 7) is 0.255. The SMILES string of the molecule is Cn1cncc1-c1nnc(CN)o1. The number of hydrogen-bond acceptors (Lipinski definition) is 5. The molecule has 0 saturated heterocycles. The third kappa shape index (κ3) is 1.31.